The first kappa shape index (κ1) is 27.7. The van der Waals surface area contributed by atoms with Crippen LogP contribution in [0, 0.1) is 6.92 Å². The van der Waals surface area contributed by atoms with Crippen LogP contribution in [0.1, 0.15) is 16.7 Å². The van der Waals surface area contributed by atoms with Gasteiger partial charge >= 0.3 is 0 Å². The Morgan fingerprint density at radius 1 is 1.05 bits per heavy atom. The number of benzene rings is 3. The molecule has 4 rings (SSSR count). The van der Waals surface area contributed by atoms with E-state index in [4.69, 9.17) is 27.9 Å². The van der Waals surface area contributed by atoms with E-state index in [0.717, 1.165) is 27.8 Å². The average molecular weight is 685 g/mol. The van der Waals surface area contributed by atoms with Gasteiger partial charge in [-0.25, -0.2) is 0 Å². The molecule has 1 N–H and O–H groups in total. The molecule has 0 aromatic heterocycles. The standard InChI is InChI=1S/C26H18Br2Cl2N2O4S/c1-14-3-2-4-17(7-14)31-23(33)12-32-25(34)22(37-26(32)35)11-16-8-18(27)24(19(28)9-16)36-13-15-5-6-20(29)21(30)10-15/h2-11H,12-13H2,1H3,(H,31,33)/b22-11-. The van der Waals surface area contributed by atoms with Gasteiger partial charge in [-0.15, -0.1) is 0 Å². The highest BCUT2D eigenvalue weighted by Gasteiger charge is 2.36. The Bertz CT molecular complexity index is 1420. The van der Waals surface area contributed by atoms with E-state index in [2.05, 4.69) is 37.2 Å². The van der Waals surface area contributed by atoms with Crippen molar-refractivity contribution in [1.82, 2.24) is 4.90 Å². The first-order valence-electron chi connectivity index (χ1n) is 10.8. The van der Waals surface area contributed by atoms with Gasteiger partial charge in [0.1, 0.15) is 18.9 Å². The summed E-state index contributed by atoms with van der Waals surface area (Å²) in [6.07, 6.45) is 1.60. The summed E-state index contributed by atoms with van der Waals surface area (Å²) in [5.41, 5.74) is 3.09. The second-order valence-corrected chi connectivity index (χ2v) is 11.6. The quantitative estimate of drug-likeness (QED) is 0.255. The Labute approximate surface area is 244 Å². The van der Waals surface area contributed by atoms with Crippen molar-refractivity contribution in [3.63, 3.8) is 0 Å². The highest BCUT2D eigenvalue weighted by molar-refractivity contribution is 9.11. The third-order valence-corrected chi connectivity index (χ3v) is 7.99. The van der Waals surface area contributed by atoms with Crippen LogP contribution >= 0.6 is 66.8 Å². The Hall–Kier alpha value is -2.30. The van der Waals surface area contributed by atoms with E-state index in [0.29, 0.717) is 36.0 Å². The summed E-state index contributed by atoms with van der Waals surface area (Å²) in [5, 5.41) is 3.12. The molecule has 0 unspecified atom stereocenters. The summed E-state index contributed by atoms with van der Waals surface area (Å²) < 4.78 is 7.22. The summed E-state index contributed by atoms with van der Waals surface area (Å²) in [7, 11) is 0. The van der Waals surface area contributed by atoms with Crippen molar-refractivity contribution in [2.24, 2.45) is 0 Å². The van der Waals surface area contributed by atoms with Crippen LogP contribution in [0.3, 0.4) is 0 Å². The minimum Gasteiger partial charge on any atom is -0.487 e. The van der Waals surface area contributed by atoms with Gasteiger partial charge in [0.25, 0.3) is 11.1 Å². The minimum absolute atomic E-state index is 0.219. The van der Waals surface area contributed by atoms with Crippen molar-refractivity contribution < 1.29 is 19.1 Å². The molecule has 190 valence electrons. The molecule has 1 aliphatic rings. The van der Waals surface area contributed by atoms with Crippen LogP contribution in [-0.2, 0) is 16.2 Å². The molecule has 0 bridgehead atoms. The summed E-state index contributed by atoms with van der Waals surface area (Å²) in [4.78, 5) is 38.9. The number of hydrogen-bond donors (Lipinski definition) is 1. The lowest BCUT2D eigenvalue weighted by Gasteiger charge is -2.13. The average Bonchev–Trinajstić information content (AvgIpc) is 3.08. The number of anilines is 1. The lowest BCUT2D eigenvalue weighted by molar-refractivity contribution is -0.127. The molecule has 0 saturated carbocycles. The largest absolute Gasteiger partial charge is 0.487 e. The Balaban J connectivity index is 1.44. The van der Waals surface area contributed by atoms with Gasteiger partial charge in [0.2, 0.25) is 5.91 Å². The zero-order chi connectivity index (χ0) is 26.7. The first-order valence-corrected chi connectivity index (χ1v) is 13.9. The Morgan fingerprint density at radius 2 is 1.78 bits per heavy atom. The van der Waals surface area contributed by atoms with Crippen molar-refractivity contribution >= 4 is 95.6 Å². The molecule has 11 heteroatoms. The highest BCUT2D eigenvalue weighted by atomic mass is 79.9. The van der Waals surface area contributed by atoms with Crippen LogP contribution < -0.4 is 10.1 Å². The number of imide groups is 1. The SMILES string of the molecule is Cc1cccc(NC(=O)CN2C(=O)S/C(=C\c3cc(Br)c(OCc4ccc(Cl)c(Cl)c4)c(Br)c3)C2=O)c1. The van der Waals surface area contributed by atoms with E-state index in [9.17, 15) is 14.4 Å². The zero-order valence-electron chi connectivity index (χ0n) is 19.2. The number of nitrogens with zero attached hydrogens (tertiary/aromatic N) is 1. The Morgan fingerprint density at radius 3 is 2.46 bits per heavy atom. The number of rotatable bonds is 7. The lowest BCUT2D eigenvalue weighted by Crippen LogP contribution is -2.36. The maximum Gasteiger partial charge on any atom is 0.294 e. The van der Waals surface area contributed by atoms with E-state index in [-0.39, 0.29) is 18.1 Å². The van der Waals surface area contributed by atoms with E-state index < -0.39 is 17.1 Å². The number of halogens is 4. The molecular weight excluding hydrogens is 667 g/mol. The molecule has 0 aliphatic carbocycles. The maximum atomic E-state index is 12.9. The molecule has 1 fully saturated rings. The molecule has 0 spiro atoms. The van der Waals surface area contributed by atoms with Crippen molar-refractivity contribution in [2.45, 2.75) is 13.5 Å². The summed E-state index contributed by atoms with van der Waals surface area (Å²) >= 11 is 19.8. The fourth-order valence-electron chi connectivity index (χ4n) is 3.44. The molecule has 1 aliphatic heterocycles. The fraction of sp³-hybridized carbons (Fsp3) is 0.115. The third kappa shape index (κ3) is 6.97. The van der Waals surface area contributed by atoms with Gasteiger partial charge in [0.05, 0.1) is 23.9 Å². The van der Waals surface area contributed by atoms with E-state index in [1.807, 2.05) is 25.1 Å². The molecule has 37 heavy (non-hydrogen) atoms. The van der Waals surface area contributed by atoms with Crippen molar-refractivity contribution in [2.75, 3.05) is 11.9 Å². The Kier molecular flexibility index (Phi) is 9.03. The van der Waals surface area contributed by atoms with E-state index in [1.165, 1.54) is 0 Å². The number of carbonyl (C=O) groups is 3. The second kappa shape index (κ2) is 12.0. The first-order chi connectivity index (χ1) is 17.6. The van der Waals surface area contributed by atoms with E-state index in [1.54, 1.807) is 42.5 Å². The van der Waals surface area contributed by atoms with Gasteiger partial charge in [-0.2, -0.15) is 0 Å². The number of thioether (sulfide) groups is 1. The summed E-state index contributed by atoms with van der Waals surface area (Å²) in [6.45, 7) is 1.80. The number of hydrogen-bond acceptors (Lipinski definition) is 5. The maximum absolute atomic E-state index is 12.9. The van der Waals surface area contributed by atoms with Gasteiger partial charge in [-0.3, -0.25) is 19.3 Å². The van der Waals surface area contributed by atoms with Crippen molar-refractivity contribution in [3.8, 4) is 5.75 Å². The molecule has 3 amide bonds. The van der Waals surface area contributed by atoms with Gasteiger partial charge in [-0.05, 0) is 110 Å². The van der Waals surface area contributed by atoms with Crippen LogP contribution in [0.15, 0.2) is 68.4 Å². The monoisotopic (exact) mass is 682 g/mol. The van der Waals surface area contributed by atoms with E-state index >= 15 is 0 Å². The van der Waals surface area contributed by atoms with Crippen molar-refractivity contribution in [3.05, 3.63) is 95.2 Å². The van der Waals surface area contributed by atoms with Crippen LogP contribution in [0.25, 0.3) is 6.08 Å². The second-order valence-electron chi connectivity index (χ2n) is 8.04. The summed E-state index contributed by atoms with van der Waals surface area (Å²) in [5.74, 6) is -0.422. The predicted molar refractivity (Wildman–Crippen MR) is 155 cm³/mol. The number of nitrogens with one attached hydrogen (secondary N) is 1. The molecule has 3 aromatic rings. The molecule has 1 saturated heterocycles. The van der Waals surface area contributed by atoms with Crippen molar-refractivity contribution in [1.29, 1.82) is 0 Å². The summed E-state index contributed by atoms with van der Waals surface area (Å²) in [6, 6.07) is 16.1. The van der Waals surface area contributed by atoms with Crippen LogP contribution in [0.2, 0.25) is 10.0 Å². The molecule has 0 radical (unpaired) electrons. The number of aryl methyl sites for hydroxylation is 1. The minimum atomic E-state index is -0.526. The predicted octanol–water partition coefficient (Wildman–Crippen LogP) is 8.08. The molecular formula is C26H18Br2Cl2N2O4S. The highest BCUT2D eigenvalue weighted by Crippen LogP contribution is 2.38. The van der Waals surface area contributed by atoms with Gasteiger partial charge in [0, 0.05) is 5.69 Å². The number of carbonyl (C=O) groups excluding carboxylic acids is 3. The number of amides is 3. The molecule has 6 nitrogen and oxygen atoms in total. The fourth-order valence-corrected chi connectivity index (χ4v) is 6.05. The van der Waals surface area contributed by atoms with Gasteiger partial charge in [0.15, 0.2) is 0 Å². The molecule has 1 heterocycles. The topological polar surface area (TPSA) is 75.7 Å². The van der Waals surface area contributed by atoms with Crippen LogP contribution in [0.4, 0.5) is 10.5 Å². The third-order valence-electron chi connectivity index (χ3n) is 5.16. The van der Waals surface area contributed by atoms with Gasteiger partial charge < -0.3 is 10.1 Å². The normalized spacial score (nSPS) is 14.4. The molecule has 0 atom stereocenters. The lowest BCUT2D eigenvalue weighted by atomic mass is 10.2. The van der Waals surface area contributed by atoms with Gasteiger partial charge in [-0.1, -0.05) is 41.4 Å². The zero-order valence-corrected chi connectivity index (χ0v) is 24.7. The van der Waals surface area contributed by atoms with Crippen LogP contribution in [-0.4, -0.2) is 28.5 Å². The smallest absolute Gasteiger partial charge is 0.294 e. The molecule has 3 aromatic carbocycles. The number of ether oxygens (including phenoxy) is 1. The van der Waals surface area contributed by atoms with Crippen LogP contribution in [0.5, 0.6) is 5.75 Å².